The van der Waals surface area contributed by atoms with Crippen molar-refractivity contribution in [3.63, 3.8) is 0 Å². The molecule has 0 aliphatic heterocycles. The molecule has 20 heavy (non-hydrogen) atoms. The molecular formula is C17H18O3. The van der Waals surface area contributed by atoms with Gasteiger partial charge in [-0.05, 0) is 54.3 Å². The van der Waals surface area contributed by atoms with Crippen LogP contribution in [0.2, 0.25) is 0 Å². The molecule has 0 aliphatic carbocycles. The molecule has 0 bridgehead atoms. The third-order valence-corrected chi connectivity index (χ3v) is 3.40. The molecule has 1 unspecified atom stereocenters. The van der Waals surface area contributed by atoms with Crippen LogP contribution in [0, 0.1) is 0 Å². The van der Waals surface area contributed by atoms with Gasteiger partial charge in [0.05, 0.1) is 5.56 Å². The normalized spacial score (nSPS) is 11.9. The van der Waals surface area contributed by atoms with E-state index >= 15 is 0 Å². The molecule has 0 heterocycles. The Hall–Kier alpha value is -2.29. The number of hydrogen-bond donors (Lipinski definition) is 1. The molecule has 0 spiro atoms. The van der Waals surface area contributed by atoms with Crippen LogP contribution in [0.5, 0.6) is 11.5 Å². The molecule has 3 nitrogen and oxygen atoms in total. The predicted molar refractivity (Wildman–Crippen MR) is 78.6 cm³/mol. The molecule has 0 aliphatic rings. The maximum absolute atomic E-state index is 10.8. The van der Waals surface area contributed by atoms with Crippen LogP contribution >= 0.6 is 0 Å². The van der Waals surface area contributed by atoms with Gasteiger partial charge in [-0.25, -0.2) is 4.79 Å². The summed E-state index contributed by atoms with van der Waals surface area (Å²) in [6, 6.07) is 14.4. The van der Waals surface area contributed by atoms with Gasteiger partial charge >= 0.3 is 5.97 Å². The quantitative estimate of drug-likeness (QED) is 0.857. The first-order valence-electron chi connectivity index (χ1n) is 6.71. The average molecular weight is 270 g/mol. The van der Waals surface area contributed by atoms with Crippen LogP contribution in [0.15, 0.2) is 48.5 Å². The second-order valence-electron chi connectivity index (χ2n) is 4.81. The second-order valence-corrected chi connectivity index (χ2v) is 4.81. The van der Waals surface area contributed by atoms with Crippen LogP contribution in [-0.2, 0) is 0 Å². The van der Waals surface area contributed by atoms with Crippen LogP contribution in [0.3, 0.4) is 0 Å². The minimum atomic E-state index is -0.936. The molecule has 3 heteroatoms. The second kappa shape index (κ2) is 6.24. The summed E-state index contributed by atoms with van der Waals surface area (Å²) in [5, 5.41) is 8.83. The van der Waals surface area contributed by atoms with Gasteiger partial charge in [0.25, 0.3) is 0 Å². The Morgan fingerprint density at radius 1 is 1.05 bits per heavy atom. The van der Waals surface area contributed by atoms with E-state index < -0.39 is 5.97 Å². The fourth-order valence-corrected chi connectivity index (χ4v) is 1.90. The van der Waals surface area contributed by atoms with E-state index in [4.69, 9.17) is 9.84 Å². The van der Waals surface area contributed by atoms with Crippen molar-refractivity contribution in [2.24, 2.45) is 0 Å². The molecule has 104 valence electrons. The number of rotatable bonds is 5. The van der Waals surface area contributed by atoms with E-state index in [1.165, 1.54) is 17.7 Å². The zero-order chi connectivity index (χ0) is 14.5. The fraction of sp³-hybridized carbons (Fsp3) is 0.235. The number of carboxylic acids is 1. The van der Waals surface area contributed by atoms with Crippen molar-refractivity contribution in [1.29, 1.82) is 0 Å². The van der Waals surface area contributed by atoms with Gasteiger partial charge in [0.2, 0.25) is 0 Å². The standard InChI is InChI=1S/C17H18O3/c1-3-12(2)13-4-8-15(9-5-13)20-16-10-6-14(7-11-16)17(18)19/h4-12H,3H2,1-2H3,(H,18,19). The summed E-state index contributed by atoms with van der Waals surface area (Å²) in [5.74, 6) is 0.986. The third-order valence-electron chi connectivity index (χ3n) is 3.40. The smallest absolute Gasteiger partial charge is 0.335 e. The van der Waals surface area contributed by atoms with Gasteiger partial charge in [0.15, 0.2) is 0 Å². The Bertz CT molecular complexity index is 570. The van der Waals surface area contributed by atoms with E-state index in [0.29, 0.717) is 11.7 Å². The van der Waals surface area contributed by atoms with E-state index in [9.17, 15) is 4.79 Å². The first kappa shape index (κ1) is 14.1. The number of hydrogen-bond acceptors (Lipinski definition) is 2. The van der Waals surface area contributed by atoms with E-state index in [2.05, 4.69) is 26.0 Å². The number of carbonyl (C=O) groups is 1. The predicted octanol–water partition coefficient (Wildman–Crippen LogP) is 4.69. The highest BCUT2D eigenvalue weighted by Crippen LogP contribution is 2.25. The van der Waals surface area contributed by atoms with Crippen molar-refractivity contribution < 1.29 is 14.6 Å². The molecule has 1 atom stereocenters. The summed E-state index contributed by atoms with van der Waals surface area (Å²) in [4.78, 5) is 10.8. The van der Waals surface area contributed by atoms with Gasteiger partial charge in [-0.2, -0.15) is 0 Å². The van der Waals surface area contributed by atoms with E-state index in [-0.39, 0.29) is 5.56 Å². The summed E-state index contributed by atoms with van der Waals surface area (Å²) in [6.45, 7) is 4.36. The Morgan fingerprint density at radius 2 is 1.55 bits per heavy atom. The first-order valence-corrected chi connectivity index (χ1v) is 6.71. The van der Waals surface area contributed by atoms with Crippen molar-refractivity contribution in [2.75, 3.05) is 0 Å². The molecule has 0 radical (unpaired) electrons. The lowest BCUT2D eigenvalue weighted by Gasteiger charge is -2.10. The maximum atomic E-state index is 10.8. The van der Waals surface area contributed by atoms with Gasteiger partial charge < -0.3 is 9.84 Å². The number of ether oxygens (including phenoxy) is 1. The lowest BCUT2D eigenvalue weighted by molar-refractivity contribution is 0.0697. The van der Waals surface area contributed by atoms with Crippen molar-refractivity contribution in [1.82, 2.24) is 0 Å². The van der Waals surface area contributed by atoms with Gasteiger partial charge in [0, 0.05) is 0 Å². The van der Waals surface area contributed by atoms with E-state index in [1.54, 1.807) is 12.1 Å². The summed E-state index contributed by atoms with van der Waals surface area (Å²) in [7, 11) is 0. The topological polar surface area (TPSA) is 46.5 Å². The van der Waals surface area contributed by atoms with Crippen LogP contribution in [0.25, 0.3) is 0 Å². The maximum Gasteiger partial charge on any atom is 0.335 e. The highest BCUT2D eigenvalue weighted by molar-refractivity contribution is 5.87. The molecule has 2 aromatic rings. The Balaban J connectivity index is 2.08. The SMILES string of the molecule is CCC(C)c1ccc(Oc2ccc(C(=O)O)cc2)cc1. The molecule has 0 saturated carbocycles. The number of aromatic carboxylic acids is 1. The molecule has 0 fully saturated rings. The van der Waals surface area contributed by atoms with Crippen LogP contribution in [-0.4, -0.2) is 11.1 Å². The highest BCUT2D eigenvalue weighted by atomic mass is 16.5. The Kier molecular flexibility index (Phi) is 4.41. The monoisotopic (exact) mass is 270 g/mol. The van der Waals surface area contributed by atoms with Crippen molar-refractivity contribution in [2.45, 2.75) is 26.2 Å². The van der Waals surface area contributed by atoms with E-state index in [1.807, 2.05) is 12.1 Å². The zero-order valence-electron chi connectivity index (χ0n) is 11.7. The lowest BCUT2D eigenvalue weighted by Crippen LogP contribution is -1.95. The molecular weight excluding hydrogens is 252 g/mol. The zero-order valence-corrected chi connectivity index (χ0v) is 11.7. The summed E-state index contributed by atoms with van der Waals surface area (Å²) in [6.07, 6.45) is 1.11. The van der Waals surface area contributed by atoms with Crippen molar-refractivity contribution >= 4 is 5.97 Å². The van der Waals surface area contributed by atoms with Gasteiger partial charge in [-0.15, -0.1) is 0 Å². The van der Waals surface area contributed by atoms with Crippen LogP contribution < -0.4 is 4.74 Å². The molecule has 1 N–H and O–H groups in total. The van der Waals surface area contributed by atoms with Crippen LogP contribution in [0.4, 0.5) is 0 Å². The number of benzene rings is 2. The highest BCUT2D eigenvalue weighted by Gasteiger charge is 2.05. The largest absolute Gasteiger partial charge is 0.478 e. The number of carboxylic acid groups (broad SMARTS) is 1. The Morgan fingerprint density at radius 3 is 2.00 bits per heavy atom. The molecule has 2 aromatic carbocycles. The lowest BCUT2D eigenvalue weighted by atomic mass is 9.99. The summed E-state index contributed by atoms with van der Waals surface area (Å²) in [5.41, 5.74) is 1.55. The third kappa shape index (κ3) is 3.38. The minimum Gasteiger partial charge on any atom is -0.478 e. The van der Waals surface area contributed by atoms with E-state index in [0.717, 1.165) is 12.2 Å². The molecule has 0 amide bonds. The molecule has 0 saturated heterocycles. The molecule has 0 aromatic heterocycles. The van der Waals surface area contributed by atoms with Crippen molar-refractivity contribution in [3.05, 3.63) is 59.7 Å². The average Bonchev–Trinajstić information content (AvgIpc) is 2.48. The molecule has 2 rings (SSSR count). The summed E-state index contributed by atoms with van der Waals surface area (Å²) >= 11 is 0. The summed E-state index contributed by atoms with van der Waals surface area (Å²) < 4.78 is 5.69. The fourth-order valence-electron chi connectivity index (χ4n) is 1.90. The van der Waals surface area contributed by atoms with Gasteiger partial charge in [-0.1, -0.05) is 26.0 Å². The van der Waals surface area contributed by atoms with Gasteiger partial charge in [0.1, 0.15) is 11.5 Å². The van der Waals surface area contributed by atoms with Gasteiger partial charge in [-0.3, -0.25) is 0 Å². The first-order chi connectivity index (χ1) is 9.60. The van der Waals surface area contributed by atoms with Crippen molar-refractivity contribution in [3.8, 4) is 11.5 Å². The minimum absolute atomic E-state index is 0.254. The Labute approximate surface area is 118 Å². The van der Waals surface area contributed by atoms with Crippen LogP contribution in [0.1, 0.15) is 42.1 Å².